The maximum Gasteiger partial charge on any atom is 0.258 e. The number of nitrogens with zero attached hydrogens (tertiary/aromatic N) is 3. The van der Waals surface area contributed by atoms with Crippen molar-refractivity contribution in [3.05, 3.63) is 131 Å². The molecule has 3 aromatic rings. The van der Waals surface area contributed by atoms with Gasteiger partial charge in [0.25, 0.3) is 5.91 Å². The Morgan fingerprint density at radius 2 is 1.42 bits per heavy atom. The van der Waals surface area contributed by atoms with Crippen molar-refractivity contribution in [2.75, 3.05) is 0 Å². The highest BCUT2D eigenvalue weighted by molar-refractivity contribution is 5.98. The Bertz CT molecular complexity index is 1500. The van der Waals surface area contributed by atoms with E-state index >= 15 is 0 Å². The second-order valence-corrected chi connectivity index (χ2v) is 8.78. The Morgan fingerprint density at radius 1 is 0.789 bits per heavy atom. The van der Waals surface area contributed by atoms with E-state index < -0.39 is 6.04 Å². The number of hydrogen-bond acceptors (Lipinski definition) is 6. The van der Waals surface area contributed by atoms with E-state index in [9.17, 15) is 14.4 Å². The van der Waals surface area contributed by atoms with Gasteiger partial charge in [0, 0.05) is 30.8 Å². The van der Waals surface area contributed by atoms with Crippen molar-refractivity contribution < 1.29 is 14.4 Å². The third-order valence-corrected chi connectivity index (χ3v) is 6.20. The van der Waals surface area contributed by atoms with Gasteiger partial charge < -0.3 is 10.2 Å². The van der Waals surface area contributed by atoms with E-state index in [-0.39, 0.29) is 29.9 Å². The molecule has 0 saturated heterocycles. The fourth-order valence-corrected chi connectivity index (χ4v) is 4.28. The van der Waals surface area contributed by atoms with E-state index in [1.54, 1.807) is 59.6 Å². The number of benzene rings is 3. The largest absolute Gasteiger partial charge is 0.384 e. The Kier molecular flexibility index (Phi) is 8.23. The lowest BCUT2D eigenvalue weighted by Gasteiger charge is -2.31. The molecule has 2 aliphatic rings. The van der Waals surface area contributed by atoms with Crippen LogP contribution >= 0.6 is 0 Å². The SMILES string of the molecule is N#Cc1cccc(C2CC(=O)C=CN2)c1.N#Cc1cccc(C2CC(=O)C=CN2C(=O)c2ccccc2)c1. The first-order valence-corrected chi connectivity index (χ1v) is 12.0. The number of nitriles is 2. The standard InChI is InChI=1S/C19H14N2O2.C12H10N2O/c20-13-14-5-4-8-16(11-14)18-12-17(22)9-10-21(18)19(23)15-6-2-1-3-7-15;13-8-9-2-1-3-10(6-9)12-7-11(15)4-5-14-12/h1-11,18H,12H2;1-6,12,14H,7H2. The third-order valence-electron chi connectivity index (χ3n) is 6.20. The van der Waals surface area contributed by atoms with Crippen LogP contribution in [0.3, 0.4) is 0 Å². The highest BCUT2D eigenvalue weighted by Gasteiger charge is 2.29. The average molecular weight is 501 g/mol. The molecule has 2 atom stereocenters. The number of carbonyl (C=O) groups excluding carboxylic acids is 3. The summed E-state index contributed by atoms with van der Waals surface area (Å²) in [6.07, 6.45) is 6.81. The van der Waals surface area contributed by atoms with Crippen LogP contribution in [0, 0.1) is 22.7 Å². The Morgan fingerprint density at radius 3 is 2.08 bits per heavy atom. The van der Waals surface area contributed by atoms with Gasteiger partial charge in [-0.15, -0.1) is 0 Å². The quantitative estimate of drug-likeness (QED) is 0.547. The molecule has 2 aliphatic heterocycles. The summed E-state index contributed by atoms with van der Waals surface area (Å²) in [5, 5.41) is 20.9. The molecule has 38 heavy (non-hydrogen) atoms. The number of ketones is 2. The predicted octanol–water partition coefficient (Wildman–Crippen LogP) is 4.90. The normalized spacial score (nSPS) is 17.9. The Balaban J connectivity index is 0.000000194. The molecular formula is C31H24N4O3. The summed E-state index contributed by atoms with van der Waals surface area (Å²) in [6, 6.07) is 27.1. The Labute approximate surface area is 220 Å². The van der Waals surface area contributed by atoms with E-state index in [1.165, 1.54) is 18.4 Å². The maximum absolute atomic E-state index is 12.7. The van der Waals surface area contributed by atoms with Crippen LogP contribution in [0.15, 0.2) is 103 Å². The number of hydrogen-bond donors (Lipinski definition) is 1. The summed E-state index contributed by atoms with van der Waals surface area (Å²) < 4.78 is 0. The van der Waals surface area contributed by atoms with Crippen LogP contribution < -0.4 is 5.32 Å². The minimum atomic E-state index is -0.395. The van der Waals surface area contributed by atoms with Gasteiger partial charge in [-0.05, 0) is 59.7 Å². The first kappa shape index (κ1) is 25.8. The topological polar surface area (TPSA) is 114 Å². The van der Waals surface area contributed by atoms with Gasteiger partial charge in [0.2, 0.25) is 0 Å². The van der Waals surface area contributed by atoms with Gasteiger partial charge in [-0.3, -0.25) is 14.4 Å². The van der Waals surface area contributed by atoms with Crippen molar-refractivity contribution in [2.24, 2.45) is 0 Å². The van der Waals surface area contributed by atoms with E-state index in [1.807, 2.05) is 30.3 Å². The fourth-order valence-electron chi connectivity index (χ4n) is 4.28. The lowest BCUT2D eigenvalue weighted by atomic mass is 9.95. The van der Waals surface area contributed by atoms with Gasteiger partial charge in [-0.25, -0.2) is 0 Å². The summed E-state index contributed by atoms with van der Waals surface area (Å²) in [4.78, 5) is 37.3. The van der Waals surface area contributed by atoms with Gasteiger partial charge in [0.1, 0.15) is 0 Å². The summed E-state index contributed by atoms with van der Waals surface area (Å²) in [5.74, 6) is -0.0858. The van der Waals surface area contributed by atoms with E-state index in [0.717, 1.165) is 11.1 Å². The molecule has 2 unspecified atom stereocenters. The maximum atomic E-state index is 12.7. The summed E-state index contributed by atoms with van der Waals surface area (Å²) in [7, 11) is 0. The van der Waals surface area contributed by atoms with Gasteiger partial charge in [0.15, 0.2) is 11.6 Å². The van der Waals surface area contributed by atoms with Gasteiger partial charge in [0.05, 0.1) is 35.3 Å². The molecule has 0 fully saturated rings. The van der Waals surface area contributed by atoms with Crippen molar-refractivity contribution in [3.8, 4) is 12.1 Å². The first-order chi connectivity index (χ1) is 18.5. The van der Waals surface area contributed by atoms with Crippen LogP contribution in [0.1, 0.15) is 57.5 Å². The molecule has 3 aromatic carbocycles. The molecular weight excluding hydrogens is 476 g/mol. The van der Waals surface area contributed by atoms with Crippen LogP contribution in [0.2, 0.25) is 0 Å². The number of carbonyl (C=O) groups is 3. The number of rotatable bonds is 3. The zero-order valence-corrected chi connectivity index (χ0v) is 20.5. The molecule has 7 heteroatoms. The van der Waals surface area contributed by atoms with Crippen molar-refractivity contribution in [1.82, 2.24) is 10.2 Å². The molecule has 0 bridgehead atoms. The summed E-state index contributed by atoms with van der Waals surface area (Å²) in [6.45, 7) is 0. The highest BCUT2D eigenvalue weighted by Crippen LogP contribution is 2.30. The Hall–Kier alpha value is -5.27. The smallest absolute Gasteiger partial charge is 0.258 e. The van der Waals surface area contributed by atoms with Crippen LogP contribution in [-0.2, 0) is 9.59 Å². The molecule has 1 N–H and O–H groups in total. The average Bonchev–Trinajstić information content (AvgIpc) is 2.97. The monoisotopic (exact) mass is 500 g/mol. The third kappa shape index (κ3) is 6.29. The molecule has 0 radical (unpaired) electrons. The molecule has 0 aliphatic carbocycles. The zero-order chi connectivity index (χ0) is 26.9. The van der Waals surface area contributed by atoms with Crippen LogP contribution in [0.25, 0.3) is 0 Å². The van der Waals surface area contributed by atoms with Gasteiger partial charge in [-0.2, -0.15) is 10.5 Å². The molecule has 7 nitrogen and oxygen atoms in total. The summed E-state index contributed by atoms with van der Waals surface area (Å²) in [5.41, 5.74) is 3.46. The van der Waals surface area contributed by atoms with Gasteiger partial charge in [-0.1, -0.05) is 42.5 Å². The fraction of sp³-hybridized carbons (Fsp3) is 0.129. The minimum Gasteiger partial charge on any atom is -0.384 e. The van der Waals surface area contributed by atoms with Crippen molar-refractivity contribution >= 4 is 17.5 Å². The number of allylic oxidation sites excluding steroid dienone is 2. The molecule has 5 rings (SSSR count). The lowest BCUT2D eigenvalue weighted by molar-refractivity contribution is -0.116. The van der Waals surface area contributed by atoms with Crippen LogP contribution in [0.4, 0.5) is 0 Å². The zero-order valence-electron chi connectivity index (χ0n) is 20.5. The predicted molar refractivity (Wildman–Crippen MR) is 141 cm³/mol. The van der Waals surface area contributed by atoms with E-state index in [2.05, 4.69) is 17.5 Å². The molecule has 1 amide bonds. The van der Waals surface area contributed by atoms with Crippen molar-refractivity contribution in [3.63, 3.8) is 0 Å². The van der Waals surface area contributed by atoms with Crippen molar-refractivity contribution in [1.29, 1.82) is 10.5 Å². The van der Waals surface area contributed by atoms with E-state index in [4.69, 9.17) is 10.5 Å². The first-order valence-electron chi connectivity index (χ1n) is 12.0. The van der Waals surface area contributed by atoms with Crippen LogP contribution in [0.5, 0.6) is 0 Å². The molecule has 0 spiro atoms. The van der Waals surface area contributed by atoms with E-state index in [0.29, 0.717) is 23.1 Å². The second kappa shape index (κ2) is 12.1. The molecule has 2 heterocycles. The lowest BCUT2D eigenvalue weighted by Crippen LogP contribution is -2.34. The second-order valence-electron chi connectivity index (χ2n) is 8.78. The highest BCUT2D eigenvalue weighted by atomic mass is 16.2. The minimum absolute atomic E-state index is 0.00389. The summed E-state index contributed by atoms with van der Waals surface area (Å²) >= 11 is 0. The van der Waals surface area contributed by atoms with Crippen molar-refractivity contribution in [2.45, 2.75) is 24.9 Å². The molecule has 186 valence electrons. The molecule has 0 aromatic heterocycles. The van der Waals surface area contributed by atoms with Crippen LogP contribution in [-0.4, -0.2) is 22.4 Å². The van der Waals surface area contributed by atoms with Gasteiger partial charge >= 0.3 is 0 Å². The molecule has 0 saturated carbocycles. The number of nitrogens with one attached hydrogen (secondary N) is 1. The number of amides is 1.